The summed E-state index contributed by atoms with van der Waals surface area (Å²) < 4.78 is 78.3. The minimum atomic E-state index is -1.46. The van der Waals surface area contributed by atoms with Crippen molar-refractivity contribution in [3.8, 4) is 45.0 Å². The molecule has 5 aliphatic carbocycles. The number of aromatic nitrogens is 4. The van der Waals surface area contributed by atoms with Gasteiger partial charge in [0.05, 0.1) is 22.8 Å². The Morgan fingerprint density at radius 1 is 0.380 bits per heavy atom. The van der Waals surface area contributed by atoms with Crippen LogP contribution in [0.1, 0.15) is 225 Å². The largest absolute Gasteiger partial charge is 0.449 e. The number of pyridine rings is 4. The lowest BCUT2D eigenvalue weighted by molar-refractivity contribution is -0.152. The van der Waals surface area contributed by atoms with E-state index in [-0.39, 0.29) is 151 Å². The molecule has 4 aliphatic heterocycles. The van der Waals surface area contributed by atoms with Crippen molar-refractivity contribution in [2.24, 2.45) is 11.8 Å². The summed E-state index contributed by atoms with van der Waals surface area (Å²) in [6, 6.07) is 38.8. The molecule has 4 saturated heterocycles. The van der Waals surface area contributed by atoms with Crippen LogP contribution in [0.4, 0.5) is 17.6 Å². The van der Waals surface area contributed by atoms with Crippen LogP contribution >= 0.6 is 0 Å². The predicted octanol–water partition coefficient (Wildman–Crippen LogP) is 16.8. The van der Waals surface area contributed by atoms with E-state index in [0.717, 1.165) is 126 Å². The van der Waals surface area contributed by atoms with E-state index in [1.807, 2.05) is 52.0 Å². The maximum absolute atomic E-state index is 13.5. The molecule has 4 aromatic carbocycles. The van der Waals surface area contributed by atoms with Crippen LogP contribution in [0, 0.1) is 35.1 Å². The van der Waals surface area contributed by atoms with Crippen LogP contribution in [0.25, 0.3) is 89.4 Å². The van der Waals surface area contributed by atoms with Gasteiger partial charge in [-0.1, -0.05) is 48.5 Å². The van der Waals surface area contributed by atoms with Crippen LogP contribution in [-0.4, -0.2) is 253 Å². The average molecular weight is 1940 g/mol. The van der Waals surface area contributed by atoms with E-state index in [1.165, 1.54) is 62.4 Å². The summed E-state index contributed by atoms with van der Waals surface area (Å²) in [4.78, 5) is 136. The number of piperazine rings is 4. The molecule has 746 valence electrons. The quantitative estimate of drug-likeness (QED) is 0.0546. The Labute approximate surface area is 820 Å². The number of carbonyl (C=O) groups excluding carboxylic acids is 8. The molecular weight excluding hydrogens is 1820 g/mol. The number of aliphatic hydroxyl groups excluding tert-OH is 3. The number of rotatable bonds is 19. The fraction of sp³-hybridized carbons (Fsp3) is 0.455. The van der Waals surface area contributed by atoms with Crippen LogP contribution < -0.4 is 0 Å². The van der Waals surface area contributed by atoms with Crippen molar-refractivity contribution in [2.75, 3.05) is 78.5 Å². The summed E-state index contributed by atoms with van der Waals surface area (Å²) >= 11 is 0. The van der Waals surface area contributed by atoms with E-state index < -0.39 is 23.9 Å². The molecule has 1 unspecified atom stereocenters. The Bertz CT molecular complexity index is 6670. The highest BCUT2D eigenvalue weighted by Gasteiger charge is 2.49. The lowest BCUT2D eigenvalue weighted by Crippen LogP contribution is -2.59. The van der Waals surface area contributed by atoms with Gasteiger partial charge in [-0.25, -0.2) is 37.5 Å². The van der Waals surface area contributed by atoms with E-state index in [0.29, 0.717) is 135 Å². The molecule has 142 heavy (non-hydrogen) atoms. The fourth-order valence-electron chi connectivity index (χ4n) is 19.6. The van der Waals surface area contributed by atoms with Crippen LogP contribution in [-0.2, 0) is 40.8 Å². The van der Waals surface area contributed by atoms with E-state index in [9.17, 15) is 76.3 Å². The zero-order valence-corrected chi connectivity index (χ0v) is 82.4. The summed E-state index contributed by atoms with van der Waals surface area (Å²) in [6.45, 7) is 28.8. The smallest absolute Gasteiger partial charge is 0.289 e. The van der Waals surface area contributed by atoms with Crippen molar-refractivity contribution in [1.82, 2.24) is 59.1 Å². The number of hydrogen-bond acceptors (Lipinski definition) is 20. The lowest BCUT2D eigenvalue weighted by Gasteiger charge is -2.41. The van der Waals surface area contributed by atoms with Gasteiger partial charge in [-0.15, -0.1) is 0 Å². The summed E-state index contributed by atoms with van der Waals surface area (Å²) in [5.41, 5.74) is 13.4. The first kappa shape index (κ1) is 99.1. The molecule has 0 spiro atoms. The van der Waals surface area contributed by atoms with Crippen LogP contribution in [0.2, 0.25) is 0 Å². The number of fused-ring (bicyclic) bond motifs is 4. The van der Waals surface area contributed by atoms with Gasteiger partial charge in [-0.2, -0.15) is 0 Å². The first-order chi connectivity index (χ1) is 67.5. The second-order valence-electron chi connectivity index (χ2n) is 42.2. The number of aliphatic hydroxyl groups is 4. The molecule has 9 aliphatic rings. The van der Waals surface area contributed by atoms with Crippen molar-refractivity contribution < 1.29 is 94.0 Å². The van der Waals surface area contributed by atoms with Crippen LogP contribution in [0.3, 0.4) is 0 Å². The van der Waals surface area contributed by atoms with Crippen LogP contribution in [0.5, 0.6) is 0 Å². The third-order valence-electron chi connectivity index (χ3n) is 30.1. The fourth-order valence-corrected chi connectivity index (χ4v) is 19.6. The van der Waals surface area contributed by atoms with E-state index >= 15 is 0 Å². The SMILES string of the molecule is CC(C)[C@@H](O)C(=O)N1CCN(C(=O)c2cc3nc(-c4ccc(F)cc4)cc(C4(C)CC4)c3o2)C[C@@H]1C.CC[C@@H](O)C(=O)N1CCN(C(=O)c2cc3nc(-c4ccc(F)cc4)cc(C4(C)CC4)c3o2)C[C@@H]1C.C[C@H]1CN(C(=O)c2cc3nc(-c4ccc(F)cc4)cc(C4(C)CC4)c3o2)CCN1C(=O)C(C)(C)O.C[C@H]1CN(C(=O)c2cc3nc(-c4ccc(F)cc4)cc(C4(C)CC4)c3o2)CCN1C(=O)C(O)C1CC1. The third kappa shape index (κ3) is 20.4. The number of halogens is 4. The Hall–Kier alpha value is -13.0. The molecule has 8 aromatic heterocycles. The minimum absolute atomic E-state index is 0.0307. The predicted molar refractivity (Wildman–Crippen MR) is 524 cm³/mol. The molecular formula is C110H122F4N12O16. The number of amides is 8. The normalized spacial score (nSPS) is 20.5. The number of hydrogen-bond donors (Lipinski definition) is 4. The van der Waals surface area contributed by atoms with Crippen LogP contribution in [0.15, 0.2) is 163 Å². The summed E-state index contributed by atoms with van der Waals surface area (Å²) in [5, 5.41) is 40.5. The van der Waals surface area contributed by atoms with Crippen molar-refractivity contribution in [1.29, 1.82) is 0 Å². The van der Waals surface area contributed by atoms with Crippen molar-refractivity contribution in [3.63, 3.8) is 0 Å². The van der Waals surface area contributed by atoms with E-state index in [2.05, 4.69) is 27.7 Å². The first-order valence-electron chi connectivity index (χ1n) is 49.5. The topological polar surface area (TPSA) is 348 Å². The molecule has 21 rings (SSSR count). The second kappa shape index (κ2) is 38.7. The number of carbonyl (C=O) groups is 8. The van der Waals surface area contributed by atoms with Crippen molar-refractivity contribution in [2.45, 2.75) is 230 Å². The van der Waals surface area contributed by atoms with E-state index in [1.54, 1.807) is 133 Å². The van der Waals surface area contributed by atoms with Crippen molar-refractivity contribution in [3.05, 3.63) is 214 Å². The Balaban J connectivity index is 0.000000125. The molecule has 8 amide bonds. The summed E-state index contributed by atoms with van der Waals surface area (Å²) in [6.07, 6.45) is 7.33. The summed E-state index contributed by atoms with van der Waals surface area (Å²) in [5.74, 6) is -2.58. The molecule has 12 aromatic rings. The molecule has 12 heterocycles. The first-order valence-corrected chi connectivity index (χ1v) is 49.5. The van der Waals surface area contributed by atoms with Gasteiger partial charge in [-0.3, -0.25) is 38.4 Å². The molecule has 7 atom stereocenters. The van der Waals surface area contributed by atoms with Gasteiger partial charge < -0.3 is 77.3 Å². The summed E-state index contributed by atoms with van der Waals surface area (Å²) in [7, 11) is 0. The zero-order valence-electron chi connectivity index (χ0n) is 82.4. The molecule has 32 heteroatoms. The van der Waals surface area contributed by atoms with Gasteiger partial charge in [0.2, 0.25) is 0 Å². The van der Waals surface area contributed by atoms with Gasteiger partial charge >= 0.3 is 0 Å². The van der Waals surface area contributed by atoms with Gasteiger partial charge in [0.15, 0.2) is 45.4 Å². The highest BCUT2D eigenvalue weighted by molar-refractivity contribution is 6.01. The Morgan fingerprint density at radius 3 is 0.852 bits per heavy atom. The molecule has 0 bridgehead atoms. The van der Waals surface area contributed by atoms with Gasteiger partial charge in [0.1, 0.15) is 69.2 Å². The number of benzene rings is 4. The zero-order chi connectivity index (χ0) is 101. The molecule has 9 fully saturated rings. The molecule has 5 saturated carbocycles. The van der Waals surface area contributed by atoms with Crippen molar-refractivity contribution >= 4 is 91.7 Å². The lowest BCUT2D eigenvalue weighted by atomic mass is 9.96. The van der Waals surface area contributed by atoms with Gasteiger partial charge in [-0.05, 0) is 267 Å². The number of nitrogens with zero attached hydrogens (tertiary/aromatic N) is 12. The Morgan fingerprint density at radius 2 is 0.627 bits per heavy atom. The highest BCUT2D eigenvalue weighted by Crippen LogP contribution is 2.55. The maximum Gasteiger partial charge on any atom is 0.289 e. The minimum Gasteiger partial charge on any atom is -0.449 e. The molecule has 28 nitrogen and oxygen atoms in total. The van der Waals surface area contributed by atoms with Gasteiger partial charge in [0.25, 0.3) is 47.3 Å². The highest BCUT2D eigenvalue weighted by atomic mass is 19.1. The standard InChI is InChI=1S/C28H30FN3O4.C28H32FN3O4.2C27H30FN3O4/c1-16-15-31(11-12-32(16)27(35)24(33)18-3-4-18)26(34)23-14-22-25(36-23)20(28(2)9-10-28)13-21(30-22)17-5-7-19(29)8-6-17;1-16(2)24(33)27(35)32-12-11-31(15-17(32)3)26(34)23-14-22-25(36-23)20(28(4)9-10-28)13-21(30-22)18-5-7-19(29)8-6-18;1-16-15-30(11-12-31(16)25(33)26(2,3)34)24(32)22-14-21-23(35-22)19(27(4)9-10-27)13-20(29-21)17-5-7-18(28)8-6-17;1-4-22(32)25(33)31-12-11-30(15-16(31)2)26(34)23-14-21-24(35-23)19(27(3)9-10-27)13-20(29-21)17-5-7-18(28)8-6-17/h5-8,13-14,16,18,24,33H,3-4,9-12,15H2,1-2H3;5-8,13-14,16-17,24,33H,9-12,15H2,1-4H3;5-8,13-14,16,34H,9-12,15H2,1-4H3;5-8,13-14,16,22,32H,4,9-12,15H2,1-3H3/t16-,24?;17-,24+;16-;16-,22+/m0000/s1. The van der Waals surface area contributed by atoms with Gasteiger partial charge in [0, 0.05) is 171 Å². The monoisotopic (exact) mass is 1940 g/mol. The van der Waals surface area contributed by atoms with E-state index in [4.69, 9.17) is 37.6 Å². The Kier molecular flexibility index (Phi) is 27.0. The molecule has 0 radical (unpaired) electrons. The average Bonchev–Trinajstić information content (AvgIpc) is 1.60. The molecule has 4 N–H and O–H groups in total. The maximum atomic E-state index is 13.5. The third-order valence-corrected chi connectivity index (χ3v) is 30.1. The second-order valence-corrected chi connectivity index (χ2v) is 42.2. The number of furan rings is 4.